The van der Waals surface area contributed by atoms with E-state index in [1.54, 1.807) is 6.92 Å². The molecule has 8 unspecified atom stereocenters. The van der Waals surface area contributed by atoms with E-state index in [1.807, 2.05) is 41.5 Å². The number of carbonyl (C=O) groups excluding carboxylic acids is 4. The first-order valence-corrected chi connectivity index (χ1v) is 40.4. The van der Waals surface area contributed by atoms with Crippen molar-refractivity contribution in [1.82, 2.24) is 0 Å². The third kappa shape index (κ3) is 52.3. The molecule has 4 aliphatic carbocycles. The molecule has 0 N–H and O–H groups in total. The summed E-state index contributed by atoms with van der Waals surface area (Å²) in [7, 11) is 4.23. The van der Waals surface area contributed by atoms with Gasteiger partial charge in [0.1, 0.15) is 0 Å². The Morgan fingerprint density at radius 3 is 0.830 bits per heavy atom. The van der Waals surface area contributed by atoms with E-state index in [0.717, 1.165) is 19.3 Å². The van der Waals surface area contributed by atoms with Crippen molar-refractivity contribution in [2.24, 2.45) is 23.7 Å². The summed E-state index contributed by atoms with van der Waals surface area (Å²) in [6, 6.07) is 52.9. The number of hydrogen-bond acceptors (Lipinski definition) is 8. The Bertz CT molecular complexity index is 3000. The van der Waals surface area contributed by atoms with Crippen LogP contribution in [0.25, 0.3) is 21.9 Å². The van der Waals surface area contributed by atoms with Crippen molar-refractivity contribution in [3.05, 3.63) is 179 Å². The molecule has 6 aromatic carbocycles. The lowest BCUT2D eigenvalue weighted by Crippen LogP contribution is -2.23. The molecule has 106 heavy (non-hydrogen) atoms. The van der Waals surface area contributed by atoms with Crippen molar-refractivity contribution in [2.45, 2.75) is 321 Å². The second kappa shape index (κ2) is 58.3. The Hall–Kier alpha value is -6.75. The van der Waals surface area contributed by atoms with E-state index in [4.69, 9.17) is 0 Å². The molecule has 0 radical (unpaired) electrons. The first-order chi connectivity index (χ1) is 50.0. The van der Waals surface area contributed by atoms with Gasteiger partial charge in [-0.3, -0.25) is 19.2 Å². The van der Waals surface area contributed by atoms with Crippen LogP contribution >= 0.6 is 0 Å². The molecule has 0 spiro atoms. The number of halogens is 3. The van der Waals surface area contributed by atoms with E-state index in [9.17, 15) is 32.3 Å². The molecule has 10 rings (SSSR count). The molecule has 8 atom stereocenters. The average molecular weight is 1480 g/mol. The molecule has 0 heterocycles. The van der Waals surface area contributed by atoms with Gasteiger partial charge in [-0.25, -0.2) is 0 Å². The van der Waals surface area contributed by atoms with Gasteiger partial charge in [0.15, 0.2) is 6.61 Å². The molecule has 8 nitrogen and oxygen atoms in total. The smallest absolute Gasteiger partial charge is 0.422 e. The summed E-state index contributed by atoms with van der Waals surface area (Å²) < 4.78 is 51.9. The van der Waals surface area contributed by atoms with E-state index < -0.39 is 24.7 Å². The summed E-state index contributed by atoms with van der Waals surface area (Å²) in [5, 5.41) is 2.69. The average Bonchev–Trinajstić information content (AvgIpc) is 0.861. The number of hydrogen-bond donors (Lipinski definition) is 0. The summed E-state index contributed by atoms with van der Waals surface area (Å²) in [5.74, 6) is 1.24. The van der Waals surface area contributed by atoms with Crippen LogP contribution in [0.2, 0.25) is 0 Å². The number of benzene rings is 6. The lowest BCUT2D eigenvalue weighted by Gasteiger charge is -2.20. The SMILES string of the molecule is C1CC1.C1CC1.C1CC1.C1CC1.CCC(C)C(=O)OC.CCC(C)C(=O)OC.CCC(C)C(=O)OC.CCC(C)C(=O)OCC(F)(F)F.CCC(C)c1ccc(-c2ccccc2)cc1.CCC(C)c1ccc(C(C)(C)C)cc1.CCC(C)c1ccc(C(C)(C)C)cc1.CCC(C)c1ccc2ccccc2c1. The zero-order chi connectivity index (χ0) is 80.8. The molecule has 0 aromatic heterocycles. The van der Waals surface area contributed by atoms with Crippen LogP contribution in [0.4, 0.5) is 13.2 Å². The summed E-state index contributed by atoms with van der Waals surface area (Å²) in [6.45, 7) is 44.8. The van der Waals surface area contributed by atoms with Gasteiger partial charge in [-0.15, -0.1) is 0 Å². The predicted molar refractivity (Wildman–Crippen MR) is 447 cm³/mol. The molecular weight excluding hydrogens is 1330 g/mol. The van der Waals surface area contributed by atoms with Crippen molar-refractivity contribution in [2.75, 3.05) is 27.9 Å². The zero-order valence-electron chi connectivity index (χ0n) is 71.2. The monoisotopic (exact) mass is 1480 g/mol. The van der Waals surface area contributed by atoms with Gasteiger partial charge in [0.05, 0.1) is 45.0 Å². The number of ether oxygens (including phenoxy) is 4. The summed E-state index contributed by atoms with van der Waals surface area (Å²) in [5.41, 5.74) is 11.8. The van der Waals surface area contributed by atoms with E-state index in [2.05, 4.69) is 261 Å². The van der Waals surface area contributed by atoms with Gasteiger partial charge in [-0.2, -0.15) is 13.2 Å². The van der Waals surface area contributed by atoms with Crippen molar-refractivity contribution >= 4 is 34.6 Å². The van der Waals surface area contributed by atoms with E-state index in [-0.39, 0.29) is 46.5 Å². The minimum Gasteiger partial charge on any atom is -0.469 e. The molecule has 11 heteroatoms. The maximum absolute atomic E-state index is 11.5. The van der Waals surface area contributed by atoms with Gasteiger partial charge in [0, 0.05) is 0 Å². The van der Waals surface area contributed by atoms with Gasteiger partial charge in [0.2, 0.25) is 0 Å². The molecule has 4 aliphatic rings. The molecule has 4 fully saturated rings. The van der Waals surface area contributed by atoms with Gasteiger partial charge in [-0.1, -0.05) is 375 Å². The highest BCUT2D eigenvalue weighted by molar-refractivity contribution is 5.83. The Morgan fingerprint density at radius 1 is 0.321 bits per heavy atom. The summed E-state index contributed by atoms with van der Waals surface area (Å²) in [4.78, 5) is 42.3. The van der Waals surface area contributed by atoms with Crippen molar-refractivity contribution in [1.29, 1.82) is 0 Å². The Kier molecular flexibility index (Phi) is 55.7. The van der Waals surface area contributed by atoms with Crippen LogP contribution in [-0.4, -0.2) is 58.0 Å². The third-order valence-electron chi connectivity index (χ3n) is 18.5. The molecule has 6 aromatic rings. The van der Waals surface area contributed by atoms with Crippen LogP contribution in [0.3, 0.4) is 0 Å². The second-order valence-electron chi connectivity index (χ2n) is 30.8. The maximum Gasteiger partial charge on any atom is 0.422 e. The van der Waals surface area contributed by atoms with Crippen LogP contribution in [0.1, 0.15) is 338 Å². The Balaban J connectivity index is 0. The lowest BCUT2D eigenvalue weighted by molar-refractivity contribution is -0.188. The fourth-order valence-electron chi connectivity index (χ4n) is 8.28. The lowest BCUT2D eigenvalue weighted by atomic mass is 9.85. The Labute approximate surface area is 645 Å². The molecule has 0 saturated heterocycles. The van der Waals surface area contributed by atoms with Gasteiger partial charge >= 0.3 is 30.1 Å². The molecule has 598 valence electrons. The number of rotatable bonds is 18. The minimum absolute atomic E-state index is 0.0556. The number of esters is 4. The van der Waals surface area contributed by atoms with Crippen LogP contribution < -0.4 is 0 Å². The topological polar surface area (TPSA) is 105 Å². The first kappa shape index (κ1) is 101. The number of methoxy groups -OCH3 is 3. The molecule has 0 amide bonds. The highest BCUT2D eigenvalue weighted by Crippen LogP contribution is 2.29. The zero-order valence-corrected chi connectivity index (χ0v) is 71.2. The largest absolute Gasteiger partial charge is 0.469 e. The number of carbonyl (C=O) groups is 4. The van der Waals surface area contributed by atoms with Crippen molar-refractivity contribution in [3.63, 3.8) is 0 Å². The van der Waals surface area contributed by atoms with Gasteiger partial charge in [0.25, 0.3) is 0 Å². The Morgan fingerprint density at radius 2 is 0.575 bits per heavy atom. The van der Waals surface area contributed by atoms with E-state index >= 15 is 0 Å². The van der Waals surface area contributed by atoms with E-state index in [1.165, 1.54) is 186 Å². The highest BCUT2D eigenvalue weighted by Gasteiger charge is 2.30. The third-order valence-corrected chi connectivity index (χ3v) is 18.5. The van der Waals surface area contributed by atoms with Gasteiger partial charge in [-0.05, 0) is 141 Å². The van der Waals surface area contributed by atoms with Gasteiger partial charge < -0.3 is 18.9 Å². The quantitative estimate of drug-likeness (QED) is 0.0619. The standard InChI is InChI=1S/C16H18.C14H16.2C14H22.C7H11F3O2.3C6H12O2.4C3H6/c1-3-13(2)14-9-11-16(12-10-14)15-7-5-4-6-8-15;1-3-11(2)13-9-8-12-6-4-5-7-14(12)10-13;2*1-6-11(2)12-7-9-13(10-8-12)14(3,4)5;1-3-5(2)6(11)12-4-7(8,9)10;3*1-4-5(2)6(7)8-3;4*1-2-3-1/h4-13H,3H2,1-2H3;4-11H,3H2,1-2H3;2*7-11H,6H2,1-5H3;5H,3-4H2,1-2H3;3*5H,4H2,1-3H3;4*1-3H2. The van der Waals surface area contributed by atoms with Crippen LogP contribution in [-0.2, 0) is 49.0 Å². The maximum atomic E-state index is 11.5. The highest BCUT2D eigenvalue weighted by atomic mass is 19.4. The predicted octanol–water partition coefficient (Wildman–Crippen LogP) is 28.7. The van der Waals surface area contributed by atoms with Crippen molar-refractivity contribution in [3.8, 4) is 11.1 Å². The normalized spacial score (nSPS) is 14.5. The summed E-state index contributed by atoms with van der Waals surface area (Å²) >= 11 is 0. The first-order valence-electron chi connectivity index (χ1n) is 40.4. The summed E-state index contributed by atoms with van der Waals surface area (Å²) in [6.07, 6.45) is 21.5. The van der Waals surface area contributed by atoms with E-state index in [0.29, 0.717) is 30.1 Å². The molecular formula is C95H149F3O8. The molecule has 4 saturated carbocycles. The number of alkyl halides is 3. The molecule has 0 bridgehead atoms. The fraction of sp³-hybridized carbons (Fsp3) is 0.600. The van der Waals surface area contributed by atoms with Crippen LogP contribution in [0, 0.1) is 23.7 Å². The van der Waals surface area contributed by atoms with Crippen molar-refractivity contribution < 1.29 is 51.3 Å². The number of fused-ring (bicyclic) bond motifs is 1. The molecule has 0 aliphatic heterocycles. The van der Waals surface area contributed by atoms with Crippen LogP contribution in [0.5, 0.6) is 0 Å². The minimum atomic E-state index is -4.43. The second-order valence-corrected chi connectivity index (χ2v) is 30.8. The fourth-order valence-corrected chi connectivity index (χ4v) is 8.28. The van der Waals surface area contributed by atoms with Crippen LogP contribution in [0.15, 0.2) is 146 Å².